The number of rotatable bonds is 3. The Morgan fingerprint density at radius 3 is 2.80 bits per heavy atom. The van der Waals surface area contributed by atoms with Gasteiger partial charge in [0.05, 0.1) is 19.1 Å². The minimum Gasteiger partial charge on any atom is -0.469 e. The zero-order valence-corrected chi connectivity index (χ0v) is 13.2. The van der Waals surface area contributed by atoms with Gasteiger partial charge in [0, 0.05) is 0 Å². The summed E-state index contributed by atoms with van der Waals surface area (Å²) in [6, 6.07) is 0. The molecule has 0 aliphatic heterocycles. The van der Waals surface area contributed by atoms with Gasteiger partial charge in [0.25, 0.3) is 0 Å². The molecule has 2 aliphatic rings. The van der Waals surface area contributed by atoms with Crippen molar-refractivity contribution in [2.45, 2.75) is 64.9 Å². The van der Waals surface area contributed by atoms with E-state index in [1.54, 1.807) is 0 Å². The summed E-state index contributed by atoms with van der Waals surface area (Å²) in [7, 11) is 1.44. The van der Waals surface area contributed by atoms with Crippen molar-refractivity contribution in [2.75, 3.05) is 7.11 Å². The monoisotopic (exact) mass is 280 g/mol. The fourth-order valence-electron chi connectivity index (χ4n) is 4.22. The molecule has 20 heavy (non-hydrogen) atoms. The van der Waals surface area contributed by atoms with Gasteiger partial charge < -0.3 is 9.84 Å². The van der Waals surface area contributed by atoms with Crippen molar-refractivity contribution in [3.63, 3.8) is 0 Å². The molecule has 0 heterocycles. The maximum Gasteiger partial charge on any atom is 0.309 e. The molecule has 0 bridgehead atoms. The summed E-state index contributed by atoms with van der Waals surface area (Å²) >= 11 is 0. The Balaban J connectivity index is 2.13. The van der Waals surface area contributed by atoms with E-state index in [2.05, 4.69) is 13.0 Å². The Kier molecular flexibility index (Phi) is 4.29. The lowest BCUT2D eigenvalue weighted by molar-refractivity contribution is -0.139. The molecule has 0 unspecified atom stereocenters. The van der Waals surface area contributed by atoms with Gasteiger partial charge in [-0.1, -0.05) is 18.6 Å². The van der Waals surface area contributed by atoms with Crippen LogP contribution in [-0.2, 0) is 9.53 Å². The van der Waals surface area contributed by atoms with Crippen LogP contribution in [0.1, 0.15) is 59.3 Å². The molecule has 3 atom stereocenters. The minimum atomic E-state index is -0.608. The number of hydrogen-bond acceptors (Lipinski definition) is 3. The number of carbonyl (C=O) groups is 1. The third-order valence-electron chi connectivity index (χ3n) is 5.59. The van der Waals surface area contributed by atoms with Crippen molar-refractivity contribution in [2.24, 2.45) is 17.3 Å². The minimum absolute atomic E-state index is 0.146. The SMILES string of the molecule is COC(=O)CC1=CC[C@@H]2[C@H](C(C)(C)O)CC[C@@]2(C)CC1. The van der Waals surface area contributed by atoms with E-state index in [9.17, 15) is 9.90 Å². The number of allylic oxidation sites excluding steroid dienone is 1. The van der Waals surface area contributed by atoms with E-state index in [-0.39, 0.29) is 5.97 Å². The van der Waals surface area contributed by atoms with Crippen LogP contribution in [0.15, 0.2) is 11.6 Å². The lowest BCUT2D eigenvalue weighted by atomic mass is 9.70. The van der Waals surface area contributed by atoms with E-state index in [4.69, 9.17) is 4.74 Å². The molecule has 1 fully saturated rings. The van der Waals surface area contributed by atoms with Gasteiger partial charge in [-0.2, -0.15) is 0 Å². The molecule has 3 heteroatoms. The first-order valence-electron chi connectivity index (χ1n) is 7.73. The molecule has 0 spiro atoms. The van der Waals surface area contributed by atoms with E-state index in [1.165, 1.54) is 19.1 Å². The highest BCUT2D eigenvalue weighted by Gasteiger charge is 2.49. The maximum atomic E-state index is 11.4. The van der Waals surface area contributed by atoms with Gasteiger partial charge in [-0.15, -0.1) is 0 Å². The van der Waals surface area contributed by atoms with Gasteiger partial charge in [-0.25, -0.2) is 0 Å². The zero-order valence-electron chi connectivity index (χ0n) is 13.2. The largest absolute Gasteiger partial charge is 0.469 e. The Hall–Kier alpha value is -0.830. The molecule has 3 nitrogen and oxygen atoms in total. The predicted molar refractivity (Wildman–Crippen MR) is 79.2 cm³/mol. The Labute approximate surface area is 122 Å². The van der Waals surface area contributed by atoms with Crippen LogP contribution in [0, 0.1) is 17.3 Å². The lowest BCUT2D eigenvalue weighted by Crippen LogP contribution is -2.37. The van der Waals surface area contributed by atoms with Crippen LogP contribution in [0.5, 0.6) is 0 Å². The normalized spacial score (nSPS) is 34.1. The molecule has 0 aromatic carbocycles. The van der Waals surface area contributed by atoms with Gasteiger partial charge in [0.1, 0.15) is 0 Å². The molecule has 2 aliphatic carbocycles. The second-order valence-corrected chi connectivity index (χ2v) is 7.41. The molecule has 0 amide bonds. The molecule has 0 radical (unpaired) electrons. The molecule has 0 saturated heterocycles. The molecule has 1 saturated carbocycles. The second-order valence-electron chi connectivity index (χ2n) is 7.41. The van der Waals surface area contributed by atoms with E-state index in [0.717, 1.165) is 25.7 Å². The summed E-state index contributed by atoms with van der Waals surface area (Å²) in [5.41, 5.74) is 0.907. The van der Waals surface area contributed by atoms with Crippen molar-refractivity contribution < 1.29 is 14.6 Å². The topological polar surface area (TPSA) is 46.5 Å². The maximum absolute atomic E-state index is 11.4. The van der Waals surface area contributed by atoms with Gasteiger partial charge in [0.2, 0.25) is 0 Å². The number of methoxy groups -OCH3 is 1. The van der Waals surface area contributed by atoms with Crippen molar-refractivity contribution in [1.82, 2.24) is 0 Å². The summed E-state index contributed by atoms with van der Waals surface area (Å²) in [5.74, 6) is 0.742. The molecule has 0 aromatic heterocycles. The van der Waals surface area contributed by atoms with E-state index < -0.39 is 5.60 Å². The lowest BCUT2D eigenvalue weighted by Gasteiger charge is -2.37. The highest BCUT2D eigenvalue weighted by atomic mass is 16.5. The van der Waals surface area contributed by atoms with Crippen molar-refractivity contribution in [3.8, 4) is 0 Å². The number of carbonyl (C=O) groups excluding carboxylic acids is 1. The van der Waals surface area contributed by atoms with E-state index in [1.807, 2.05) is 13.8 Å². The summed E-state index contributed by atoms with van der Waals surface area (Å²) < 4.78 is 4.77. The van der Waals surface area contributed by atoms with Crippen LogP contribution in [0.2, 0.25) is 0 Å². The number of aliphatic hydroxyl groups is 1. The summed E-state index contributed by atoms with van der Waals surface area (Å²) in [5, 5.41) is 10.4. The Morgan fingerprint density at radius 1 is 1.50 bits per heavy atom. The zero-order chi connectivity index (χ0) is 15.0. The predicted octanol–water partition coefficient (Wildman–Crippen LogP) is 3.46. The Morgan fingerprint density at radius 2 is 2.20 bits per heavy atom. The quantitative estimate of drug-likeness (QED) is 0.636. The smallest absolute Gasteiger partial charge is 0.309 e. The van der Waals surface area contributed by atoms with Crippen molar-refractivity contribution in [3.05, 3.63) is 11.6 Å². The van der Waals surface area contributed by atoms with Crippen molar-refractivity contribution >= 4 is 5.97 Å². The average Bonchev–Trinajstić information content (AvgIpc) is 2.62. The first kappa shape index (κ1) is 15.6. The van der Waals surface area contributed by atoms with E-state index in [0.29, 0.717) is 23.7 Å². The standard InChI is InChI=1S/C17H28O3/c1-16(2,19)13-8-10-17(3)9-7-12(5-6-14(13)17)11-15(18)20-4/h5,13-14,19H,6-11H2,1-4H3/t13-,14-,17-/m1/s1. The number of fused-ring (bicyclic) bond motifs is 1. The summed E-state index contributed by atoms with van der Waals surface area (Å²) in [6.07, 6.45) is 8.05. The van der Waals surface area contributed by atoms with Gasteiger partial charge in [-0.3, -0.25) is 4.79 Å². The van der Waals surface area contributed by atoms with Gasteiger partial charge >= 0.3 is 5.97 Å². The average molecular weight is 280 g/mol. The van der Waals surface area contributed by atoms with Crippen LogP contribution in [0.25, 0.3) is 0 Å². The fraction of sp³-hybridized carbons (Fsp3) is 0.824. The second kappa shape index (κ2) is 5.51. The number of hydrogen-bond donors (Lipinski definition) is 1. The molecule has 1 N–H and O–H groups in total. The Bertz CT molecular complexity index is 405. The fourth-order valence-corrected chi connectivity index (χ4v) is 4.22. The highest BCUT2D eigenvalue weighted by molar-refractivity contribution is 5.72. The van der Waals surface area contributed by atoms with Crippen LogP contribution < -0.4 is 0 Å². The van der Waals surface area contributed by atoms with E-state index >= 15 is 0 Å². The van der Waals surface area contributed by atoms with Gasteiger partial charge in [-0.05, 0) is 63.2 Å². The third kappa shape index (κ3) is 3.08. The first-order valence-corrected chi connectivity index (χ1v) is 7.73. The number of esters is 1. The summed E-state index contributed by atoms with van der Waals surface area (Å²) in [6.45, 7) is 6.24. The highest BCUT2D eigenvalue weighted by Crippen LogP contribution is 2.56. The first-order chi connectivity index (χ1) is 9.26. The van der Waals surface area contributed by atoms with Crippen LogP contribution in [-0.4, -0.2) is 23.8 Å². The van der Waals surface area contributed by atoms with Gasteiger partial charge in [0.15, 0.2) is 0 Å². The molecular formula is C17H28O3. The molecule has 2 rings (SSSR count). The van der Waals surface area contributed by atoms with Crippen LogP contribution in [0.3, 0.4) is 0 Å². The summed E-state index contributed by atoms with van der Waals surface area (Å²) in [4.78, 5) is 11.4. The molecule has 114 valence electrons. The molecule has 0 aromatic rings. The molecular weight excluding hydrogens is 252 g/mol. The van der Waals surface area contributed by atoms with Crippen LogP contribution >= 0.6 is 0 Å². The third-order valence-corrected chi connectivity index (χ3v) is 5.59. The van der Waals surface area contributed by atoms with Crippen LogP contribution in [0.4, 0.5) is 0 Å². The van der Waals surface area contributed by atoms with Crippen molar-refractivity contribution in [1.29, 1.82) is 0 Å². The number of ether oxygens (including phenoxy) is 1.